The number of hydrogen-bond acceptors (Lipinski definition) is 7. The van der Waals surface area contributed by atoms with E-state index >= 15 is 0 Å². The van der Waals surface area contributed by atoms with Crippen LogP contribution in [-0.2, 0) is 14.8 Å². The number of carbonyl (C=O) groups excluding carboxylic acids is 1. The first-order chi connectivity index (χ1) is 15.6. The molecule has 10 heteroatoms. The molecular weight excluding hydrogens is 446 g/mol. The average Bonchev–Trinajstić information content (AvgIpc) is 3.11. The molecule has 0 aliphatic rings. The van der Waals surface area contributed by atoms with Gasteiger partial charge in [0.1, 0.15) is 11.4 Å². The molecule has 0 radical (unpaired) electrons. The Hall–Kier alpha value is -3.79. The van der Waals surface area contributed by atoms with Crippen molar-refractivity contribution in [1.82, 2.24) is 5.16 Å². The molecule has 9 nitrogen and oxygen atoms in total. The van der Waals surface area contributed by atoms with Crippen LogP contribution in [-0.4, -0.2) is 33.7 Å². The molecule has 0 atom stereocenters. The van der Waals surface area contributed by atoms with E-state index in [4.69, 9.17) is 14.0 Å². The maximum absolute atomic E-state index is 13.1. The van der Waals surface area contributed by atoms with Crippen LogP contribution < -0.4 is 19.5 Å². The van der Waals surface area contributed by atoms with Crippen molar-refractivity contribution < 1.29 is 27.2 Å². The van der Waals surface area contributed by atoms with Gasteiger partial charge in [-0.1, -0.05) is 23.4 Å². The topological polar surface area (TPSA) is 120 Å². The van der Waals surface area contributed by atoms with Crippen molar-refractivity contribution in [2.45, 2.75) is 25.7 Å². The summed E-state index contributed by atoms with van der Waals surface area (Å²) in [6, 6.07) is 9.80. The second-order valence-corrected chi connectivity index (χ2v) is 8.87. The number of ether oxygens (including phenoxy) is 2. The number of aromatic nitrogens is 1. The van der Waals surface area contributed by atoms with Gasteiger partial charge in [0, 0.05) is 13.0 Å². The highest BCUT2D eigenvalue weighted by Gasteiger charge is 2.19. The zero-order valence-corrected chi connectivity index (χ0v) is 19.7. The molecule has 1 aromatic heterocycles. The summed E-state index contributed by atoms with van der Waals surface area (Å²) in [5.74, 6) is 1.01. The average molecular weight is 472 g/mol. The highest BCUT2D eigenvalue weighted by Crippen LogP contribution is 2.31. The van der Waals surface area contributed by atoms with E-state index in [2.05, 4.69) is 15.2 Å². The SMILES string of the molecule is COc1ccc(NS(=O)(=O)c2cc(/C=C\c3onc(C)c3NC(C)=O)ccc2C)cc1OC. The van der Waals surface area contributed by atoms with E-state index in [1.807, 2.05) is 0 Å². The number of benzene rings is 2. The second kappa shape index (κ2) is 9.78. The zero-order valence-electron chi connectivity index (χ0n) is 18.9. The predicted octanol–water partition coefficient (Wildman–Crippen LogP) is 4.24. The van der Waals surface area contributed by atoms with E-state index in [9.17, 15) is 13.2 Å². The third-order valence-corrected chi connectivity index (χ3v) is 6.28. The Morgan fingerprint density at radius 3 is 2.42 bits per heavy atom. The van der Waals surface area contributed by atoms with Gasteiger partial charge in [-0.25, -0.2) is 8.42 Å². The summed E-state index contributed by atoms with van der Waals surface area (Å²) in [6.45, 7) is 4.82. The molecule has 0 saturated heterocycles. The summed E-state index contributed by atoms with van der Waals surface area (Å²) in [5, 5.41) is 6.54. The maximum Gasteiger partial charge on any atom is 0.262 e. The summed E-state index contributed by atoms with van der Waals surface area (Å²) in [5.41, 5.74) is 2.54. The number of aryl methyl sites for hydroxylation is 2. The van der Waals surface area contributed by atoms with E-state index in [1.54, 1.807) is 62.4 Å². The zero-order chi connectivity index (χ0) is 24.2. The Balaban J connectivity index is 1.90. The number of nitrogens with one attached hydrogen (secondary N) is 2. The predicted molar refractivity (Wildman–Crippen MR) is 126 cm³/mol. The lowest BCUT2D eigenvalue weighted by Crippen LogP contribution is -2.14. The number of methoxy groups -OCH3 is 2. The minimum Gasteiger partial charge on any atom is -0.493 e. The van der Waals surface area contributed by atoms with E-state index in [0.717, 1.165) is 0 Å². The highest BCUT2D eigenvalue weighted by atomic mass is 32.2. The number of anilines is 2. The molecule has 0 aliphatic heterocycles. The van der Waals surface area contributed by atoms with Crippen molar-refractivity contribution in [1.29, 1.82) is 0 Å². The van der Waals surface area contributed by atoms with Gasteiger partial charge in [-0.15, -0.1) is 0 Å². The monoisotopic (exact) mass is 471 g/mol. The highest BCUT2D eigenvalue weighted by molar-refractivity contribution is 7.92. The summed E-state index contributed by atoms with van der Waals surface area (Å²) in [7, 11) is -0.908. The van der Waals surface area contributed by atoms with Crippen LogP contribution in [0.2, 0.25) is 0 Å². The Morgan fingerprint density at radius 1 is 1.03 bits per heavy atom. The van der Waals surface area contributed by atoms with Gasteiger partial charge in [0.25, 0.3) is 10.0 Å². The smallest absolute Gasteiger partial charge is 0.262 e. The minimum atomic E-state index is -3.89. The molecule has 2 N–H and O–H groups in total. The Labute approximate surface area is 192 Å². The van der Waals surface area contributed by atoms with E-state index in [1.165, 1.54) is 21.1 Å². The van der Waals surface area contributed by atoms with Crippen molar-refractivity contribution in [3.05, 3.63) is 59.0 Å². The summed E-state index contributed by atoms with van der Waals surface area (Å²) < 4.78 is 44.5. The summed E-state index contributed by atoms with van der Waals surface area (Å²) in [6.07, 6.45) is 3.30. The number of hydrogen-bond donors (Lipinski definition) is 2. The Morgan fingerprint density at radius 2 is 1.76 bits per heavy atom. The fourth-order valence-electron chi connectivity index (χ4n) is 3.12. The number of rotatable bonds is 8. The second-order valence-electron chi connectivity index (χ2n) is 7.22. The molecular formula is C23H25N3O6S. The van der Waals surface area contributed by atoms with Crippen molar-refractivity contribution in [3.8, 4) is 11.5 Å². The lowest BCUT2D eigenvalue weighted by molar-refractivity contribution is -0.114. The Bertz CT molecular complexity index is 1310. The minimum absolute atomic E-state index is 0.121. The van der Waals surface area contributed by atoms with Gasteiger partial charge >= 0.3 is 0 Å². The van der Waals surface area contributed by atoms with Gasteiger partial charge in [-0.2, -0.15) is 0 Å². The van der Waals surface area contributed by atoms with Crippen LogP contribution in [0, 0.1) is 13.8 Å². The lowest BCUT2D eigenvalue weighted by Gasteiger charge is -2.13. The molecule has 1 heterocycles. The summed E-state index contributed by atoms with van der Waals surface area (Å²) >= 11 is 0. The van der Waals surface area contributed by atoms with Gasteiger partial charge in [0.2, 0.25) is 5.91 Å². The number of sulfonamides is 1. The molecule has 3 rings (SSSR count). The van der Waals surface area contributed by atoms with Gasteiger partial charge in [-0.3, -0.25) is 9.52 Å². The molecule has 0 bridgehead atoms. The largest absolute Gasteiger partial charge is 0.493 e. The van der Waals surface area contributed by atoms with Gasteiger partial charge < -0.3 is 19.3 Å². The molecule has 0 fully saturated rings. The molecule has 0 spiro atoms. The van der Waals surface area contributed by atoms with Crippen molar-refractivity contribution in [3.63, 3.8) is 0 Å². The first-order valence-electron chi connectivity index (χ1n) is 9.92. The summed E-state index contributed by atoms with van der Waals surface area (Å²) in [4.78, 5) is 11.5. The van der Waals surface area contributed by atoms with Gasteiger partial charge in [0.15, 0.2) is 17.3 Å². The quantitative estimate of drug-likeness (QED) is 0.504. The molecule has 33 heavy (non-hydrogen) atoms. The standard InChI is InChI=1S/C23H25N3O6S/c1-14-6-7-17(8-10-20-23(24-16(3)27)15(2)25-32-20)12-22(14)33(28,29)26-18-9-11-19(30-4)21(13-18)31-5/h6-13,26H,1-5H3,(H,24,27)/b10-8-. The van der Waals surface area contributed by atoms with Crippen molar-refractivity contribution in [2.24, 2.45) is 0 Å². The van der Waals surface area contributed by atoms with Crippen molar-refractivity contribution >= 4 is 39.5 Å². The number of nitrogens with zero attached hydrogens (tertiary/aromatic N) is 1. The van der Waals surface area contributed by atoms with Crippen molar-refractivity contribution in [2.75, 3.05) is 24.3 Å². The molecule has 1 amide bonds. The molecule has 2 aromatic carbocycles. The van der Waals surface area contributed by atoms with Gasteiger partial charge in [0.05, 0.1) is 24.8 Å². The van der Waals surface area contributed by atoms with Crippen LogP contribution in [0.25, 0.3) is 12.2 Å². The van der Waals surface area contributed by atoms with Crippen LogP contribution in [0.15, 0.2) is 45.8 Å². The van der Waals surface area contributed by atoms with Crippen LogP contribution in [0.4, 0.5) is 11.4 Å². The maximum atomic E-state index is 13.1. The van der Waals surface area contributed by atoms with Crippen LogP contribution >= 0.6 is 0 Å². The van der Waals surface area contributed by atoms with Gasteiger partial charge in [-0.05, 0) is 49.2 Å². The van der Waals surface area contributed by atoms with E-state index < -0.39 is 10.0 Å². The lowest BCUT2D eigenvalue weighted by atomic mass is 10.1. The van der Waals surface area contributed by atoms with Crippen LogP contribution in [0.3, 0.4) is 0 Å². The first-order valence-corrected chi connectivity index (χ1v) is 11.4. The molecule has 0 unspecified atom stereocenters. The van der Waals surface area contributed by atoms with E-state index in [-0.39, 0.29) is 10.8 Å². The van der Waals surface area contributed by atoms with E-state index in [0.29, 0.717) is 45.5 Å². The van der Waals surface area contributed by atoms with Crippen LogP contribution in [0.1, 0.15) is 29.5 Å². The first kappa shape index (κ1) is 23.9. The Kier molecular flexibility index (Phi) is 7.07. The molecule has 0 aliphatic carbocycles. The third-order valence-electron chi connectivity index (χ3n) is 4.75. The normalized spacial score (nSPS) is 11.4. The number of amides is 1. The molecule has 0 saturated carbocycles. The molecule has 174 valence electrons. The van der Waals surface area contributed by atoms with Crippen LogP contribution in [0.5, 0.6) is 11.5 Å². The molecule has 3 aromatic rings. The fourth-order valence-corrected chi connectivity index (χ4v) is 4.45. The fraction of sp³-hybridized carbons (Fsp3) is 0.217. The number of carbonyl (C=O) groups is 1. The third kappa shape index (κ3) is 5.53.